The van der Waals surface area contributed by atoms with Crippen molar-refractivity contribution in [1.29, 1.82) is 0 Å². The Bertz CT molecular complexity index is 984. The summed E-state index contributed by atoms with van der Waals surface area (Å²) in [5.74, 6) is 0.315. The highest BCUT2D eigenvalue weighted by atomic mass is 19.1. The molecule has 2 aromatic carbocycles. The number of halogens is 1. The summed E-state index contributed by atoms with van der Waals surface area (Å²) < 4.78 is 21.1. The Morgan fingerprint density at radius 1 is 1.22 bits per heavy atom. The Hall–Kier alpha value is -3.15. The lowest BCUT2D eigenvalue weighted by Gasteiger charge is -2.10. The van der Waals surface area contributed by atoms with Crippen LogP contribution in [0.5, 0.6) is 5.75 Å². The number of methoxy groups -OCH3 is 1. The molecule has 0 saturated heterocycles. The zero-order valence-electron chi connectivity index (χ0n) is 15.1. The lowest BCUT2D eigenvalue weighted by molar-refractivity contribution is 0.102. The number of carbonyl (C=O) groups excluding carboxylic acids is 1. The van der Waals surface area contributed by atoms with Crippen LogP contribution in [0.25, 0.3) is 5.69 Å². The summed E-state index contributed by atoms with van der Waals surface area (Å²) >= 11 is 0. The van der Waals surface area contributed by atoms with E-state index in [4.69, 9.17) is 4.74 Å². The highest BCUT2D eigenvalue weighted by Crippen LogP contribution is 2.47. The van der Waals surface area contributed by atoms with Crippen molar-refractivity contribution in [1.82, 2.24) is 9.78 Å². The lowest BCUT2D eigenvalue weighted by atomic mass is 10.2. The van der Waals surface area contributed by atoms with Gasteiger partial charge < -0.3 is 10.1 Å². The van der Waals surface area contributed by atoms with Gasteiger partial charge in [0.1, 0.15) is 5.82 Å². The van der Waals surface area contributed by atoms with Crippen molar-refractivity contribution in [2.24, 2.45) is 5.92 Å². The van der Waals surface area contributed by atoms with Gasteiger partial charge in [0.15, 0.2) is 11.6 Å². The molecular formula is C21H20FN3O2. The van der Waals surface area contributed by atoms with Crippen LogP contribution in [0.4, 0.5) is 10.2 Å². The average molecular weight is 365 g/mol. The van der Waals surface area contributed by atoms with E-state index in [0.29, 0.717) is 17.7 Å². The maximum atomic E-state index is 14.4. The molecule has 5 nitrogen and oxygen atoms in total. The normalized spacial score (nSPS) is 18.2. The Kier molecular flexibility index (Phi) is 4.39. The Morgan fingerprint density at radius 3 is 2.63 bits per heavy atom. The molecule has 0 bridgehead atoms. The molecule has 0 aliphatic heterocycles. The summed E-state index contributed by atoms with van der Waals surface area (Å²) in [7, 11) is 1.37. The van der Waals surface area contributed by atoms with E-state index in [-0.39, 0.29) is 11.3 Å². The number of anilines is 1. The second kappa shape index (κ2) is 6.87. The fraction of sp³-hybridized carbons (Fsp3) is 0.238. The second-order valence-electron chi connectivity index (χ2n) is 6.80. The number of benzene rings is 2. The summed E-state index contributed by atoms with van der Waals surface area (Å²) in [5, 5.41) is 7.48. The number of hydrogen-bond acceptors (Lipinski definition) is 3. The molecule has 1 aliphatic carbocycles. The predicted octanol–water partition coefficient (Wildman–Crippen LogP) is 4.40. The van der Waals surface area contributed by atoms with Gasteiger partial charge in [0.25, 0.3) is 5.91 Å². The molecule has 1 saturated carbocycles. The van der Waals surface area contributed by atoms with E-state index in [2.05, 4.69) is 17.3 Å². The number of amides is 1. The lowest BCUT2D eigenvalue weighted by Crippen LogP contribution is -2.16. The minimum atomic E-state index is -0.681. The fourth-order valence-corrected chi connectivity index (χ4v) is 3.20. The van der Waals surface area contributed by atoms with Gasteiger partial charge in [0.2, 0.25) is 0 Å². The topological polar surface area (TPSA) is 56.1 Å². The SMILES string of the molecule is COc1cccc(C(=O)Nc2cc([C@H]3C[C@H]3C)nn2-c2ccccc2)c1F. The highest BCUT2D eigenvalue weighted by Gasteiger charge is 2.36. The summed E-state index contributed by atoms with van der Waals surface area (Å²) in [6.45, 7) is 2.18. The molecule has 1 heterocycles. The van der Waals surface area contributed by atoms with Crippen molar-refractivity contribution >= 4 is 11.7 Å². The maximum Gasteiger partial charge on any atom is 0.259 e. The van der Waals surface area contributed by atoms with Gasteiger partial charge >= 0.3 is 0 Å². The van der Waals surface area contributed by atoms with Crippen LogP contribution >= 0.6 is 0 Å². The van der Waals surface area contributed by atoms with Crippen molar-refractivity contribution in [3.63, 3.8) is 0 Å². The molecule has 1 fully saturated rings. The standard InChI is InChI=1S/C21H20FN3O2/c1-13-11-16(13)17-12-19(25(24-17)14-7-4-3-5-8-14)23-21(26)15-9-6-10-18(27-2)20(15)22/h3-10,12-13,16H,11H2,1-2H3,(H,23,26)/t13-,16+/m1/s1. The smallest absolute Gasteiger partial charge is 0.259 e. The van der Waals surface area contributed by atoms with Crippen molar-refractivity contribution in [2.45, 2.75) is 19.3 Å². The minimum absolute atomic E-state index is 0.0340. The first-order chi connectivity index (χ1) is 13.1. The summed E-state index contributed by atoms with van der Waals surface area (Å²) in [5.41, 5.74) is 1.70. The third-order valence-electron chi connectivity index (χ3n) is 4.89. The molecule has 2 atom stereocenters. The zero-order valence-corrected chi connectivity index (χ0v) is 15.1. The molecule has 0 radical (unpaired) electrons. The number of aromatic nitrogens is 2. The van der Waals surface area contributed by atoms with E-state index in [1.165, 1.54) is 19.2 Å². The van der Waals surface area contributed by atoms with Gasteiger partial charge in [-0.2, -0.15) is 5.10 Å². The molecule has 0 spiro atoms. The number of nitrogens with zero attached hydrogens (tertiary/aromatic N) is 2. The van der Waals surface area contributed by atoms with E-state index in [9.17, 15) is 9.18 Å². The molecule has 1 aliphatic rings. The molecule has 1 N–H and O–H groups in total. The Morgan fingerprint density at radius 2 is 1.96 bits per heavy atom. The monoisotopic (exact) mass is 365 g/mol. The molecule has 3 aromatic rings. The zero-order chi connectivity index (χ0) is 19.0. The maximum absolute atomic E-state index is 14.4. The summed E-state index contributed by atoms with van der Waals surface area (Å²) in [6, 6.07) is 15.9. The number of ether oxygens (including phenoxy) is 1. The van der Waals surface area contributed by atoms with Crippen LogP contribution in [0.2, 0.25) is 0 Å². The second-order valence-corrected chi connectivity index (χ2v) is 6.80. The van der Waals surface area contributed by atoms with Gasteiger partial charge in [-0.1, -0.05) is 31.2 Å². The first kappa shape index (κ1) is 17.3. The van der Waals surface area contributed by atoms with Crippen LogP contribution in [0.1, 0.15) is 35.3 Å². The number of para-hydroxylation sites is 1. The molecule has 27 heavy (non-hydrogen) atoms. The van der Waals surface area contributed by atoms with E-state index < -0.39 is 11.7 Å². The number of hydrogen-bond donors (Lipinski definition) is 1. The largest absolute Gasteiger partial charge is 0.494 e. The Labute approximate surface area is 156 Å². The molecule has 1 aromatic heterocycles. The molecule has 4 rings (SSSR count). The number of carbonyl (C=O) groups is 1. The Balaban J connectivity index is 1.69. The first-order valence-electron chi connectivity index (χ1n) is 8.87. The van der Waals surface area contributed by atoms with Gasteiger partial charge in [0, 0.05) is 12.0 Å². The van der Waals surface area contributed by atoms with Crippen LogP contribution in [-0.2, 0) is 0 Å². The van der Waals surface area contributed by atoms with Crippen LogP contribution in [-0.4, -0.2) is 22.8 Å². The van der Waals surface area contributed by atoms with Crippen molar-refractivity contribution < 1.29 is 13.9 Å². The summed E-state index contributed by atoms with van der Waals surface area (Å²) in [6.07, 6.45) is 1.09. The van der Waals surface area contributed by atoms with Gasteiger partial charge in [0.05, 0.1) is 24.1 Å². The average Bonchev–Trinajstić information content (AvgIpc) is 3.27. The molecule has 0 unspecified atom stereocenters. The molecule has 1 amide bonds. The molecule has 6 heteroatoms. The fourth-order valence-electron chi connectivity index (χ4n) is 3.20. The van der Waals surface area contributed by atoms with E-state index in [0.717, 1.165) is 17.8 Å². The number of rotatable bonds is 5. The summed E-state index contributed by atoms with van der Waals surface area (Å²) in [4.78, 5) is 12.7. The van der Waals surface area contributed by atoms with E-state index in [1.807, 2.05) is 36.4 Å². The quantitative estimate of drug-likeness (QED) is 0.729. The minimum Gasteiger partial charge on any atom is -0.494 e. The molecular weight excluding hydrogens is 345 g/mol. The predicted molar refractivity (Wildman–Crippen MR) is 101 cm³/mol. The van der Waals surface area contributed by atoms with Gasteiger partial charge in [-0.25, -0.2) is 9.07 Å². The van der Waals surface area contributed by atoms with Crippen LogP contribution in [0, 0.1) is 11.7 Å². The van der Waals surface area contributed by atoms with Crippen molar-refractivity contribution in [3.8, 4) is 11.4 Å². The third-order valence-corrected chi connectivity index (χ3v) is 4.89. The highest BCUT2D eigenvalue weighted by molar-refractivity contribution is 6.04. The van der Waals surface area contributed by atoms with Crippen molar-refractivity contribution in [3.05, 3.63) is 71.7 Å². The first-order valence-corrected chi connectivity index (χ1v) is 8.87. The van der Waals surface area contributed by atoms with Gasteiger partial charge in [-0.05, 0) is 36.6 Å². The van der Waals surface area contributed by atoms with E-state index in [1.54, 1.807) is 10.7 Å². The van der Waals surface area contributed by atoms with E-state index >= 15 is 0 Å². The molecule has 138 valence electrons. The van der Waals surface area contributed by atoms with Crippen LogP contribution < -0.4 is 10.1 Å². The van der Waals surface area contributed by atoms with Gasteiger partial charge in [-0.3, -0.25) is 4.79 Å². The van der Waals surface area contributed by atoms with Crippen LogP contribution in [0.15, 0.2) is 54.6 Å². The third kappa shape index (κ3) is 3.30. The van der Waals surface area contributed by atoms with Gasteiger partial charge in [-0.15, -0.1) is 0 Å². The van der Waals surface area contributed by atoms with Crippen LogP contribution in [0.3, 0.4) is 0 Å². The number of nitrogens with one attached hydrogen (secondary N) is 1. The van der Waals surface area contributed by atoms with Crippen molar-refractivity contribution in [2.75, 3.05) is 12.4 Å².